The second-order valence-electron chi connectivity index (χ2n) is 1.48. The average Bonchev–Trinajstić information content (AvgIpc) is 1.88. The first-order chi connectivity index (χ1) is 5.15. The van der Waals surface area contributed by atoms with Crippen molar-refractivity contribution in [1.82, 2.24) is 0 Å². The van der Waals surface area contributed by atoms with Crippen LogP contribution in [0.1, 0.15) is 19.8 Å². The zero-order chi connectivity index (χ0) is 9.11. The van der Waals surface area contributed by atoms with Crippen molar-refractivity contribution in [1.29, 1.82) is 0 Å². The van der Waals surface area contributed by atoms with Crippen molar-refractivity contribution < 1.29 is 47.7 Å². The van der Waals surface area contributed by atoms with Crippen LogP contribution in [0.3, 0.4) is 0 Å². The standard InChI is InChI=1S/C4H9NO2.Na.H2O3S/c1-2-3-4-7-5-6;;1-4(2)3/h2-4H2,1H3;;(H2,1,2,3)/q;+1;/p-1. The van der Waals surface area contributed by atoms with Gasteiger partial charge in [0.05, 0.1) is 11.4 Å². The molecule has 0 aliphatic rings. The SMILES string of the molecule is CCCCON=O.O=S([O-])O.[Na+]. The maximum absolute atomic E-state index is 9.21. The molecule has 0 radical (unpaired) electrons. The predicted octanol–water partition coefficient (Wildman–Crippen LogP) is -2.17. The average molecular weight is 207 g/mol. The fourth-order valence-corrected chi connectivity index (χ4v) is 0.246. The third kappa shape index (κ3) is 47.0. The summed E-state index contributed by atoms with van der Waals surface area (Å²) in [5.74, 6) is 0. The molecule has 0 aliphatic heterocycles. The fourth-order valence-electron chi connectivity index (χ4n) is 0.246. The smallest absolute Gasteiger partial charge is 0.750 e. The molecule has 68 valence electrons. The maximum atomic E-state index is 9.21. The Morgan fingerprint density at radius 3 is 2.33 bits per heavy atom. The Labute approximate surface area is 95.4 Å². The summed E-state index contributed by atoms with van der Waals surface area (Å²) in [4.78, 5) is 13.4. The van der Waals surface area contributed by atoms with Crippen LogP contribution in [0.4, 0.5) is 0 Å². The molecule has 0 fully saturated rings. The zero-order valence-electron chi connectivity index (χ0n) is 7.06. The monoisotopic (exact) mass is 207 g/mol. The Bertz CT molecular complexity index is 110. The van der Waals surface area contributed by atoms with Gasteiger partial charge >= 0.3 is 29.6 Å². The van der Waals surface area contributed by atoms with E-state index in [1.807, 2.05) is 6.92 Å². The molecule has 12 heavy (non-hydrogen) atoms. The molecule has 0 saturated heterocycles. The van der Waals surface area contributed by atoms with E-state index in [1.165, 1.54) is 0 Å². The molecule has 0 aromatic carbocycles. The Hall–Kier alpha value is 0.470. The van der Waals surface area contributed by atoms with Crippen LogP contribution < -0.4 is 29.6 Å². The van der Waals surface area contributed by atoms with E-state index < -0.39 is 11.4 Å². The number of nitrogens with zero attached hydrogens (tertiary/aromatic N) is 1. The van der Waals surface area contributed by atoms with Crippen molar-refractivity contribution >= 4 is 11.4 Å². The first-order valence-electron chi connectivity index (χ1n) is 2.88. The summed E-state index contributed by atoms with van der Waals surface area (Å²) in [6.45, 7) is 2.48. The van der Waals surface area contributed by atoms with E-state index in [4.69, 9.17) is 13.3 Å². The molecular formula is C4H10NNaO5S. The summed E-state index contributed by atoms with van der Waals surface area (Å²) >= 11 is -2.86. The molecule has 8 heteroatoms. The van der Waals surface area contributed by atoms with E-state index in [0.29, 0.717) is 6.61 Å². The minimum atomic E-state index is -2.86. The van der Waals surface area contributed by atoms with Crippen LogP contribution in [-0.4, -0.2) is 19.9 Å². The van der Waals surface area contributed by atoms with Gasteiger partial charge in [-0.3, -0.25) is 0 Å². The minimum Gasteiger partial charge on any atom is -0.750 e. The fraction of sp³-hybridized carbons (Fsp3) is 1.00. The molecule has 0 amide bonds. The summed E-state index contributed by atoms with van der Waals surface area (Å²) in [5.41, 5.74) is 0. The van der Waals surface area contributed by atoms with Gasteiger partial charge < -0.3 is 13.9 Å². The summed E-state index contributed by atoms with van der Waals surface area (Å²) < 4.78 is 24.1. The largest absolute Gasteiger partial charge is 1.00 e. The molecule has 0 heterocycles. The molecule has 0 bridgehead atoms. The van der Waals surface area contributed by atoms with Crippen LogP contribution in [-0.2, 0) is 16.2 Å². The van der Waals surface area contributed by atoms with Crippen molar-refractivity contribution in [3.05, 3.63) is 4.91 Å². The van der Waals surface area contributed by atoms with Gasteiger partial charge in [-0.15, -0.1) is 4.91 Å². The summed E-state index contributed by atoms with van der Waals surface area (Å²) in [5, 5.41) is 2.22. The number of hydrogen-bond acceptors (Lipinski definition) is 5. The van der Waals surface area contributed by atoms with Gasteiger partial charge in [0.2, 0.25) is 0 Å². The van der Waals surface area contributed by atoms with Crippen LogP contribution >= 0.6 is 0 Å². The molecule has 0 spiro atoms. The van der Waals surface area contributed by atoms with Gasteiger partial charge in [-0.05, 0) is 6.42 Å². The zero-order valence-corrected chi connectivity index (χ0v) is 9.87. The normalized spacial score (nSPS) is 9.92. The van der Waals surface area contributed by atoms with Gasteiger partial charge in [0.15, 0.2) is 5.34 Å². The van der Waals surface area contributed by atoms with Gasteiger partial charge in [0.1, 0.15) is 6.61 Å². The topological polar surface area (TPSA) is 99.0 Å². The van der Waals surface area contributed by atoms with E-state index in [0.717, 1.165) is 12.8 Å². The molecular weight excluding hydrogens is 197 g/mol. The van der Waals surface area contributed by atoms with Gasteiger partial charge in [-0.2, -0.15) is 0 Å². The van der Waals surface area contributed by atoms with Crippen LogP contribution in [0.5, 0.6) is 0 Å². The van der Waals surface area contributed by atoms with Crippen molar-refractivity contribution in [2.45, 2.75) is 19.8 Å². The Kier molecular flexibility index (Phi) is 26.7. The molecule has 0 aromatic heterocycles. The van der Waals surface area contributed by atoms with E-state index in [1.54, 1.807) is 0 Å². The number of rotatable bonds is 4. The first kappa shape index (κ1) is 18.3. The Balaban J connectivity index is -0.000000142. The summed E-state index contributed by atoms with van der Waals surface area (Å²) in [6.07, 6.45) is 1.95. The van der Waals surface area contributed by atoms with E-state index >= 15 is 0 Å². The van der Waals surface area contributed by atoms with Crippen molar-refractivity contribution in [2.75, 3.05) is 6.61 Å². The van der Waals surface area contributed by atoms with Crippen LogP contribution in [0.25, 0.3) is 0 Å². The van der Waals surface area contributed by atoms with Gasteiger partial charge in [0, 0.05) is 0 Å². The molecule has 0 aromatic rings. The molecule has 1 atom stereocenters. The molecule has 0 aliphatic carbocycles. The molecule has 1 N–H and O–H groups in total. The molecule has 0 saturated carbocycles. The maximum Gasteiger partial charge on any atom is 1.00 e. The van der Waals surface area contributed by atoms with Crippen molar-refractivity contribution in [2.24, 2.45) is 5.34 Å². The Morgan fingerprint density at radius 1 is 1.67 bits per heavy atom. The van der Waals surface area contributed by atoms with Gasteiger partial charge in [-0.1, -0.05) is 13.3 Å². The van der Waals surface area contributed by atoms with Crippen molar-refractivity contribution in [3.63, 3.8) is 0 Å². The predicted molar refractivity (Wildman–Crippen MR) is 38.2 cm³/mol. The summed E-state index contributed by atoms with van der Waals surface area (Å²) in [7, 11) is 0. The van der Waals surface area contributed by atoms with Crippen LogP contribution in [0, 0.1) is 4.91 Å². The van der Waals surface area contributed by atoms with E-state index in [-0.39, 0.29) is 29.6 Å². The first-order valence-corrected chi connectivity index (χ1v) is 3.91. The van der Waals surface area contributed by atoms with Gasteiger partial charge in [-0.25, -0.2) is 4.21 Å². The minimum absolute atomic E-state index is 0. The van der Waals surface area contributed by atoms with E-state index in [9.17, 15) is 4.91 Å². The molecule has 1 unspecified atom stereocenters. The second kappa shape index (κ2) is 17.5. The Morgan fingerprint density at radius 2 is 2.08 bits per heavy atom. The quantitative estimate of drug-likeness (QED) is 0.186. The van der Waals surface area contributed by atoms with Crippen LogP contribution in [0.15, 0.2) is 5.34 Å². The molecule has 6 nitrogen and oxygen atoms in total. The number of unbranched alkanes of at least 4 members (excludes halogenated alkanes) is 1. The number of hydrogen-bond donors (Lipinski definition) is 1. The van der Waals surface area contributed by atoms with Crippen molar-refractivity contribution in [3.8, 4) is 0 Å². The van der Waals surface area contributed by atoms with Crippen LogP contribution in [0.2, 0.25) is 0 Å². The molecule has 0 rings (SSSR count). The van der Waals surface area contributed by atoms with E-state index in [2.05, 4.69) is 10.2 Å². The third-order valence-electron chi connectivity index (χ3n) is 0.642. The summed E-state index contributed by atoms with van der Waals surface area (Å²) in [6, 6.07) is 0. The second-order valence-corrected chi connectivity index (χ2v) is 1.91. The van der Waals surface area contributed by atoms with Gasteiger partial charge in [0.25, 0.3) is 0 Å². The third-order valence-corrected chi connectivity index (χ3v) is 0.642.